The lowest BCUT2D eigenvalue weighted by atomic mass is 9.80. The van der Waals surface area contributed by atoms with E-state index < -0.39 is 0 Å². The van der Waals surface area contributed by atoms with E-state index in [9.17, 15) is 0 Å². The number of imidazole rings is 1. The van der Waals surface area contributed by atoms with E-state index in [1.807, 2.05) is 6.33 Å². The monoisotopic (exact) mass is 219 g/mol. The van der Waals surface area contributed by atoms with Crippen LogP contribution in [0.15, 0.2) is 12.5 Å². The highest BCUT2D eigenvalue weighted by Crippen LogP contribution is 2.37. The van der Waals surface area contributed by atoms with Crippen molar-refractivity contribution in [3.05, 3.63) is 18.2 Å². The van der Waals surface area contributed by atoms with Gasteiger partial charge in [0.2, 0.25) is 0 Å². The first kappa shape index (κ1) is 10.3. The molecule has 1 aromatic heterocycles. The van der Waals surface area contributed by atoms with E-state index >= 15 is 0 Å². The van der Waals surface area contributed by atoms with E-state index in [1.54, 1.807) is 0 Å². The van der Waals surface area contributed by atoms with Crippen LogP contribution in [0.2, 0.25) is 0 Å². The van der Waals surface area contributed by atoms with Gasteiger partial charge in [-0.1, -0.05) is 6.42 Å². The predicted molar refractivity (Wildman–Crippen MR) is 64.3 cm³/mol. The van der Waals surface area contributed by atoms with Gasteiger partial charge < -0.3 is 9.88 Å². The summed E-state index contributed by atoms with van der Waals surface area (Å²) in [7, 11) is 0. The van der Waals surface area contributed by atoms with Gasteiger partial charge >= 0.3 is 0 Å². The average Bonchev–Trinajstić information content (AvgIpc) is 2.85. The number of rotatable bonds is 3. The van der Waals surface area contributed by atoms with Crippen molar-refractivity contribution < 1.29 is 0 Å². The summed E-state index contributed by atoms with van der Waals surface area (Å²) in [6, 6.07) is 1.18. The van der Waals surface area contributed by atoms with Crippen molar-refractivity contribution in [2.45, 2.75) is 51.1 Å². The number of hydrogen-bond acceptors (Lipinski definition) is 2. The maximum Gasteiger partial charge on any atom is 0.0951 e. The minimum Gasteiger partial charge on any atom is -0.330 e. The van der Waals surface area contributed by atoms with Crippen LogP contribution in [0.3, 0.4) is 0 Å². The van der Waals surface area contributed by atoms with Gasteiger partial charge in [0.25, 0.3) is 0 Å². The Balaban J connectivity index is 1.80. The minimum atomic E-state index is 0.546. The highest BCUT2D eigenvalue weighted by atomic mass is 15.1. The quantitative estimate of drug-likeness (QED) is 0.847. The number of nitrogens with zero attached hydrogens (tertiary/aromatic N) is 2. The van der Waals surface area contributed by atoms with Crippen LogP contribution in [0.4, 0.5) is 0 Å². The van der Waals surface area contributed by atoms with E-state index in [-0.39, 0.29) is 0 Å². The first-order valence-electron chi connectivity index (χ1n) is 6.61. The summed E-state index contributed by atoms with van der Waals surface area (Å²) < 4.78 is 2.41. The van der Waals surface area contributed by atoms with Gasteiger partial charge in [-0.05, 0) is 45.1 Å². The normalized spacial score (nSPS) is 27.9. The van der Waals surface area contributed by atoms with E-state index in [0.717, 1.165) is 12.5 Å². The van der Waals surface area contributed by atoms with E-state index in [4.69, 9.17) is 0 Å². The molecule has 0 aromatic carbocycles. The lowest BCUT2D eigenvalue weighted by molar-refractivity contribution is 0.217. The number of nitrogens with one attached hydrogen (secondary N) is 1. The van der Waals surface area contributed by atoms with Crippen LogP contribution in [0.25, 0.3) is 0 Å². The Hall–Kier alpha value is -0.830. The molecule has 2 atom stereocenters. The van der Waals surface area contributed by atoms with Crippen LogP contribution in [-0.2, 0) is 0 Å². The maximum atomic E-state index is 4.35. The molecule has 2 aliphatic rings. The molecule has 16 heavy (non-hydrogen) atoms. The lowest BCUT2D eigenvalue weighted by Gasteiger charge is -2.33. The highest BCUT2D eigenvalue weighted by Gasteiger charge is 2.28. The van der Waals surface area contributed by atoms with Crippen molar-refractivity contribution in [1.82, 2.24) is 14.9 Å². The molecular formula is C13H21N3. The van der Waals surface area contributed by atoms with Crippen molar-refractivity contribution >= 4 is 0 Å². The minimum absolute atomic E-state index is 0.546. The molecule has 0 bridgehead atoms. The lowest BCUT2D eigenvalue weighted by Crippen LogP contribution is -2.26. The Morgan fingerprint density at radius 3 is 2.88 bits per heavy atom. The van der Waals surface area contributed by atoms with Crippen molar-refractivity contribution in [2.75, 3.05) is 6.54 Å². The molecule has 1 saturated carbocycles. The van der Waals surface area contributed by atoms with Gasteiger partial charge in [-0.25, -0.2) is 4.98 Å². The van der Waals surface area contributed by atoms with Crippen LogP contribution in [0.5, 0.6) is 0 Å². The van der Waals surface area contributed by atoms with Crippen LogP contribution >= 0.6 is 0 Å². The van der Waals surface area contributed by atoms with Gasteiger partial charge in [-0.2, -0.15) is 0 Å². The molecule has 88 valence electrons. The zero-order valence-corrected chi connectivity index (χ0v) is 10.0. The third-order valence-corrected chi connectivity index (χ3v) is 4.38. The van der Waals surface area contributed by atoms with Crippen molar-refractivity contribution in [1.29, 1.82) is 0 Å². The van der Waals surface area contributed by atoms with E-state index in [1.165, 1.54) is 37.8 Å². The summed E-state index contributed by atoms with van der Waals surface area (Å²) in [4.78, 5) is 4.35. The third kappa shape index (κ3) is 1.67. The Morgan fingerprint density at radius 2 is 2.25 bits per heavy atom. The summed E-state index contributed by atoms with van der Waals surface area (Å²) in [5.41, 5.74) is 1.40. The molecule has 2 heterocycles. The summed E-state index contributed by atoms with van der Waals surface area (Å²) in [6.07, 6.45) is 10.9. The largest absolute Gasteiger partial charge is 0.330 e. The zero-order chi connectivity index (χ0) is 11.0. The van der Waals surface area contributed by atoms with Gasteiger partial charge in [0.1, 0.15) is 0 Å². The maximum absolute atomic E-state index is 4.35. The molecule has 1 aromatic rings. The van der Waals surface area contributed by atoms with Crippen LogP contribution in [-0.4, -0.2) is 16.1 Å². The fourth-order valence-corrected chi connectivity index (χ4v) is 3.01. The number of aromatic nitrogens is 2. The van der Waals surface area contributed by atoms with E-state index in [2.05, 4.69) is 28.0 Å². The molecule has 0 amide bonds. The standard InChI is InChI=1S/C13H21N3/c1-10(11-4-2-5-11)16-9-14-8-13(16)12-6-3-7-15-12/h8-12,15H,2-7H2,1H3. The summed E-state index contributed by atoms with van der Waals surface area (Å²) in [5, 5.41) is 3.57. The molecule has 3 rings (SSSR count). The predicted octanol–water partition coefficient (Wildman–Crippen LogP) is 2.67. The Labute approximate surface area is 97.3 Å². The second-order valence-electron chi connectivity index (χ2n) is 5.31. The average molecular weight is 219 g/mol. The van der Waals surface area contributed by atoms with Crippen LogP contribution in [0, 0.1) is 5.92 Å². The molecule has 3 nitrogen and oxygen atoms in total. The molecule has 1 saturated heterocycles. The molecule has 1 aliphatic heterocycles. The van der Waals surface area contributed by atoms with Gasteiger partial charge in [0.05, 0.1) is 12.0 Å². The molecule has 0 radical (unpaired) electrons. The molecule has 2 unspecified atom stereocenters. The molecular weight excluding hydrogens is 198 g/mol. The van der Waals surface area contributed by atoms with Crippen molar-refractivity contribution in [3.8, 4) is 0 Å². The van der Waals surface area contributed by atoms with Gasteiger partial charge in [0, 0.05) is 18.3 Å². The fourth-order valence-electron chi connectivity index (χ4n) is 3.01. The van der Waals surface area contributed by atoms with Gasteiger partial charge in [0.15, 0.2) is 0 Å². The molecule has 2 fully saturated rings. The fraction of sp³-hybridized carbons (Fsp3) is 0.769. The first-order chi connectivity index (χ1) is 7.86. The third-order valence-electron chi connectivity index (χ3n) is 4.38. The highest BCUT2D eigenvalue weighted by molar-refractivity contribution is 5.09. The van der Waals surface area contributed by atoms with Crippen LogP contribution in [0.1, 0.15) is 56.8 Å². The second-order valence-corrected chi connectivity index (χ2v) is 5.31. The Morgan fingerprint density at radius 1 is 1.38 bits per heavy atom. The SMILES string of the molecule is CC(C1CCC1)n1cncc1C1CCCN1. The summed E-state index contributed by atoms with van der Waals surface area (Å²) in [6.45, 7) is 3.51. The van der Waals surface area contributed by atoms with Crippen molar-refractivity contribution in [3.63, 3.8) is 0 Å². The first-order valence-corrected chi connectivity index (χ1v) is 6.61. The van der Waals surface area contributed by atoms with Gasteiger partial charge in [-0.15, -0.1) is 0 Å². The van der Waals surface area contributed by atoms with Crippen LogP contribution < -0.4 is 5.32 Å². The smallest absolute Gasteiger partial charge is 0.0951 e. The number of hydrogen-bond donors (Lipinski definition) is 1. The molecule has 3 heteroatoms. The molecule has 0 spiro atoms. The molecule has 1 N–H and O–H groups in total. The summed E-state index contributed by atoms with van der Waals surface area (Å²) in [5.74, 6) is 0.884. The summed E-state index contributed by atoms with van der Waals surface area (Å²) >= 11 is 0. The zero-order valence-electron chi connectivity index (χ0n) is 10.0. The Bertz CT molecular complexity index is 348. The Kier molecular flexibility index (Phi) is 2.72. The van der Waals surface area contributed by atoms with E-state index in [0.29, 0.717) is 12.1 Å². The van der Waals surface area contributed by atoms with Crippen molar-refractivity contribution in [2.24, 2.45) is 5.92 Å². The topological polar surface area (TPSA) is 29.9 Å². The van der Waals surface area contributed by atoms with Gasteiger partial charge in [-0.3, -0.25) is 0 Å². The second kappa shape index (κ2) is 4.21. The molecule has 1 aliphatic carbocycles.